The van der Waals surface area contributed by atoms with Gasteiger partial charge in [0.25, 0.3) is 5.91 Å². The second kappa shape index (κ2) is 4.76. The van der Waals surface area contributed by atoms with Gasteiger partial charge in [-0.1, -0.05) is 11.6 Å². The highest BCUT2D eigenvalue weighted by atomic mass is 35.5. The number of pyridine rings is 1. The van der Waals surface area contributed by atoms with Gasteiger partial charge in [-0.05, 0) is 6.07 Å². The monoisotopic (exact) mass is 236 g/mol. The molecule has 0 spiro atoms. The van der Waals surface area contributed by atoms with E-state index in [-0.39, 0.29) is 5.91 Å². The van der Waals surface area contributed by atoms with E-state index in [2.05, 4.69) is 20.3 Å². The molecule has 0 saturated heterocycles. The smallest absolute Gasteiger partial charge is 0.253 e. The summed E-state index contributed by atoms with van der Waals surface area (Å²) in [5, 5.41) is 3.03. The maximum Gasteiger partial charge on any atom is 0.253 e. The zero-order chi connectivity index (χ0) is 11.4. The van der Waals surface area contributed by atoms with Gasteiger partial charge in [-0.15, -0.1) is 0 Å². The number of nitrogens with zero attached hydrogens (tertiary/aromatic N) is 2. The number of carbonyl (C=O) groups excluding carboxylic acids is 1. The van der Waals surface area contributed by atoms with Crippen molar-refractivity contribution >= 4 is 17.5 Å². The van der Waals surface area contributed by atoms with Crippen LogP contribution >= 0.6 is 11.6 Å². The summed E-state index contributed by atoms with van der Waals surface area (Å²) < 4.78 is 0. The van der Waals surface area contributed by atoms with Crippen LogP contribution in [0, 0.1) is 0 Å². The number of carbonyl (C=O) groups is 1. The number of aromatic amines is 1. The maximum absolute atomic E-state index is 11.7. The minimum absolute atomic E-state index is 0.246. The molecule has 16 heavy (non-hydrogen) atoms. The van der Waals surface area contributed by atoms with Gasteiger partial charge in [0.2, 0.25) is 0 Å². The summed E-state index contributed by atoms with van der Waals surface area (Å²) in [5.41, 5.74) is 0.406. The summed E-state index contributed by atoms with van der Waals surface area (Å²) in [6.45, 7) is 0.338. The Morgan fingerprint density at radius 3 is 3.06 bits per heavy atom. The van der Waals surface area contributed by atoms with E-state index in [9.17, 15) is 4.79 Å². The van der Waals surface area contributed by atoms with Crippen molar-refractivity contribution in [2.75, 3.05) is 0 Å². The zero-order valence-corrected chi connectivity index (χ0v) is 9.03. The van der Waals surface area contributed by atoms with Crippen LogP contribution < -0.4 is 5.32 Å². The van der Waals surface area contributed by atoms with Gasteiger partial charge < -0.3 is 10.3 Å². The second-order valence-electron chi connectivity index (χ2n) is 3.07. The molecule has 0 aliphatic carbocycles. The Morgan fingerprint density at radius 2 is 2.38 bits per heavy atom. The Balaban J connectivity index is 2.01. The summed E-state index contributed by atoms with van der Waals surface area (Å²) in [6, 6.07) is 1.57. The molecular formula is C10H9ClN4O. The van der Waals surface area contributed by atoms with Gasteiger partial charge in [0, 0.05) is 24.8 Å². The van der Waals surface area contributed by atoms with Crippen molar-refractivity contribution in [2.24, 2.45) is 0 Å². The highest BCUT2D eigenvalue weighted by molar-refractivity contribution is 6.33. The third kappa shape index (κ3) is 2.38. The van der Waals surface area contributed by atoms with Gasteiger partial charge in [-0.3, -0.25) is 9.78 Å². The molecular weight excluding hydrogens is 228 g/mol. The van der Waals surface area contributed by atoms with Gasteiger partial charge >= 0.3 is 0 Å². The number of imidazole rings is 1. The van der Waals surface area contributed by atoms with Crippen molar-refractivity contribution in [2.45, 2.75) is 6.54 Å². The third-order valence-corrected chi connectivity index (χ3v) is 2.29. The molecule has 0 aromatic carbocycles. The fraction of sp³-hybridized carbons (Fsp3) is 0.100. The lowest BCUT2D eigenvalue weighted by Crippen LogP contribution is -2.23. The molecule has 6 heteroatoms. The van der Waals surface area contributed by atoms with Crippen molar-refractivity contribution in [3.8, 4) is 0 Å². The Kier molecular flexibility index (Phi) is 3.16. The predicted octanol–water partition coefficient (Wildman–Crippen LogP) is 1.39. The van der Waals surface area contributed by atoms with Gasteiger partial charge in [0.15, 0.2) is 0 Å². The van der Waals surface area contributed by atoms with Crippen LogP contribution in [-0.2, 0) is 6.54 Å². The van der Waals surface area contributed by atoms with Crippen LogP contribution in [0.15, 0.2) is 30.9 Å². The summed E-state index contributed by atoms with van der Waals surface area (Å²) >= 11 is 5.83. The van der Waals surface area contributed by atoms with Gasteiger partial charge in [-0.25, -0.2) is 4.98 Å². The molecule has 0 bridgehead atoms. The van der Waals surface area contributed by atoms with Crippen LogP contribution in [0.2, 0.25) is 5.02 Å². The van der Waals surface area contributed by atoms with E-state index in [0.717, 1.165) is 0 Å². The Hall–Kier alpha value is -1.88. The van der Waals surface area contributed by atoms with Crippen LogP contribution in [0.4, 0.5) is 0 Å². The standard InChI is InChI=1S/C10H9ClN4O/c11-8-5-12-2-1-7(8)10(16)15-6-9-13-3-4-14-9/h1-5H,6H2,(H,13,14)(H,15,16). The zero-order valence-electron chi connectivity index (χ0n) is 8.27. The number of amides is 1. The first-order valence-electron chi connectivity index (χ1n) is 4.63. The van der Waals surface area contributed by atoms with Crippen molar-refractivity contribution in [1.82, 2.24) is 20.3 Å². The van der Waals surface area contributed by atoms with Crippen molar-refractivity contribution in [3.05, 3.63) is 47.3 Å². The number of aromatic nitrogens is 3. The number of hydrogen-bond acceptors (Lipinski definition) is 3. The summed E-state index contributed by atoms with van der Waals surface area (Å²) in [6.07, 6.45) is 6.28. The average molecular weight is 237 g/mol. The molecule has 0 saturated carbocycles. The summed E-state index contributed by atoms with van der Waals surface area (Å²) in [4.78, 5) is 22.4. The SMILES string of the molecule is O=C(NCc1ncc[nH]1)c1ccncc1Cl. The molecule has 2 rings (SSSR count). The van der Waals surface area contributed by atoms with Crippen LogP contribution in [0.5, 0.6) is 0 Å². The normalized spacial score (nSPS) is 10.1. The van der Waals surface area contributed by atoms with Gasteiger partial charge in [0.05, 0.1) is 17.1 Å². The minimum Gasteiger partial charge on any atom is -0.347 e. The fourth-order valence-corrected chi connectivity index (χ4v) is 1.42. The van der Waals surface area contributed by atoms with Crippen LogP contribution in [0.25, 0.3) is 0 Å². The number of rotatable bonds is 3. The van der Waals surface area contributed by atoms with Crippen LogP contribution in [0.1, 0.15) is 16.2 Å². The number of H-pyrrole nitrogens is 1. The largest absolute Gasteiger partial charge is 0.347 e. The topological polar surface area (TPSA) is 70.7 Å². The Labute approximate surface area is 96.9 Å². The minimum atomic E-state index is -0.246. The average Bonchev–Trinajstić information content (AvgIpc) is 2.79. The lowest BCUT2D eigenvalue weighted by Gasteiger charge is -2.04. The predicted molar refractivity (Wildman–Crippen MR) is 59.0 cm³/mol. The van der Waals surface area contributed by atoms with E-state index >= 15 is 0 Å². The molecule has 2 N–H and O–H groups in total. The van der Waals surface area contributed by atoms with Crippen molar-refractivity contribution < 1.29 is 4.79 Å². The molecule has 0 fully saturated rings. The van der Waals surface area contributed by atoms with E-state index in [1.165, 1.54) is 12.4 Å². The molecule has 0 atom stereocenters. The lowest BCUT2D eigenvalue weighted by atomic mass is 10.2. The molecule has 2 aromatic heterocycles. The third-order valence-electron chi connectivity index (χ3n) is 1.99. The second-order valence-corrected chi connectivity index (χ2v) is 3.48. The highest BCUT2D eigenvalue weighted by Crippen LogP contribution is 2.12. The van der Waals surface area contributed by atoms with E-state index < -0.39 is 0 Å². The molecule has 82 valence electrons. The number of halogens is 1. The Bertz CT molecular complexity index is 483. The molecule has 1 amide bonds. The van der Waals surface area contributed by atoms with Gasteiger partial charge in [0.1, 0.15) is 5.82 Å². The molecule has 0 aliphatic heterocycles. The van der Waals surface area contributed by atoms with Crippen molar-refractivity contribution in [1.29, 1.82) is 0 Å². The maximum atomic E-state index is 11.7. The first kappa shape index (κ1) is 10.6. The fourth-order valence-electron chi connectivity index (χ4n) is 1.21. The molecule has 0 aliphatic rings. The molecule has 0 unspecified atom stereocenters. The van der Waals surface area contributed by atoms with E-state index in [4.69, 9.17) is 11.6 Å². The molecule has 2 aromatic rings. The first-order valence-corrected chi connectivity index (χ1v) is 5.01. The Morgan fingerprint density at radius 1 is 1.50 bits per heavy atom. The first-order chi connectivity index (χ1) is 7.77. The van der Waals surface area contributed by atoms with Crippen LogP contribution in [0.3, 0.4) is 0 Å². The molecule has 5 nitrogen and oxygen atoms in total. The quantitative estimate of drug-likeness (QED) is 0.846. The summed E-state index contributed by atoms with van der Waals surface area (Å²) in [7, 11) is 0. The molecule has 0 radical (unpaired) electrons. The van der Waals surface area contributed by atoms with E-state index in [1.807, 2.05) is 0 Å². The van der Waals surface area contributed by atoms with Gasteiger partial charge in [-0.2, -0.15) is 0 Å². The number of hydrogen-bond donors (Lipinski definition) is 2. The van der Waals surface area contributed by atoms with Crippen molar-refractivity contribution in [3.63, 3.8) is 0 Å². The van der Waals surface area contributed by atoms with E-state index in [1.54, 1.807) is 18.5 Å². The highest BCUT2D eigenvalue weighted by Gasteiger charge is 2.09. The van der Waals surface area contributed by atoms with E-state index in [0.29, 0.717) is 23.0 Å². The summed E-state index contributed by atoms with van der Waals surface area (Å²) in [5.74, 6) is 0.447. The molecule has 2 heterocycles. The van der Waals surface area contributed by atoms with Crippen LogP contribution in [-0.4, -0.2) is 20.9 Å². The lowest BCUT2D eigenvalue weighted by molar-refractivity contribution is 0.0950. The number of nitrogens with one attached hydrogen (secondary N) is 2.